The van der Waals surface area contributed by atoms with Gasteiger partial charge in [0.1, 0.15) is 5.82 Å². The maximum absolute atomic E-state index is 13.3. The van der Waals surface area contributed by atoms with Crippen molar-refractivity contribution < 1.29 is 4.39 Å². The van der Waals surface area contributed by atoms with E-state index in [1.54, 1.807) is 12.1 Å². The molecule has 1 atom stereocenters. The molecule has 4 nitrogen and oxygen atoms in total. The van der Waals surface area contributed by atoms with E-state index in [-0.39, 0.29) is 11.4 Å². The van der Waals surface area contributed by atoms with Crippen molar-refractivity contribution in [2.75, 3.05) is 19.6 Å². The van der Waals surface area contributed by atoms with Gasteiger partial charge in [-0.15, -0.1) is 0 Å². The minimum Gasteiger partial charge on any atom is -0.301 e. The van der Waals surface area contributed by atoms with Gasteiger partial charge in [0, 0.05) is 12.7 Å². The average molecular weight is 287 g/mol. The number of H-pyrrole nitrogens is 1. The SMILES string of the molecule is O=c1[nH]n(C2CN3CCC2CC3)cc1-c1cccc(F)c1. The topological polar surface area (TPSA) is 41.0 Å². The lowest BCUT2D eigenvalue weighted by atomic mass is 9.84. The summed E-state index contributed by atoms with van der Waals surface area (Å²) < 4.78 is 15.3. The molecule has 5 heteroatoms. The molecular weight excluding hydrogens is 269 g/mol. The zero-order valence-electron chi connectivity index (χ0n) is 11.8. The maximum atomic E-state index is 13.3. The summed E-state index contributed by atoms with van der Waals surface area (Å²) in [7, 11) is 0. The second-order valence-corrected chi connectivity index (χ2v) is 6.11. The number of piperidine rings is 3. The van der Waals surface area contributed by atoms with Crippen LogP contribution in [0.4, 0.5) is 4.39 Å². The van der Waals surface area contributed by atoms with Gasteiger partial charge in [0.15, 0.2) is 0 Å². The molecule has 0 spiro atoms. The molecule has 1 unspecified atom stereocenters. The monoisotopic (exact) mass is 287 g/mol. The molecule has 1 N–H and O–H groups in total. The number of hydrogen-bond acceptors (Lipinski definition) is 2. The second-order valence-electron chi connectivity index (χ2n) is 6.11. The van der Waals surface area contributed by atoms with Gasteiger partial charge in [-0.25, -0.2) is 4.39 Å². The van der Waals surface area contributed by atoms with Crippen molar-refractivity contribution in [3.05, 3.63) is 46.6 Å². The molecule has 3 saturated heterocycles. The summed E-state index contributed by atoms with van der Waals surface area (Å²) in [5, 5.41) is 2.93. The molecule has 1 aromatic carbocycles. The lowest BCUT2D eigenvalue weighted by Gasteiger charge is -2.44. The number of fused-ring (bicyclic) bond motifs is 3. The molecular formula is C16H18FN3O. The summed E-state index contributed by atoms with van der Waals surface area (Å²) >= 11 is 0. The number of aromatic amines is 1. The van der Waals surface area contributed by atoms with Crippen molar-refractivity contribution in [1.29, 1.82) is 0 Å². The van der Waals surface area contributed by atoms with Crippen molar-refractivity contribution in [1.82, 2.24) is 14.7 Å². The van der Waals surface area contributed by atoms with Gasteiger partial charge in [-0.05, 0) is 49.5 Å². The zero-order valence-corrected chi connectivity index (χ0v) is 11.8. The summed E-state index contributed by atoms with van der Waals surface area (Å²) in [4.78, 5) is 14.6. The van der Waals surface area contributed by atoms with Crippen molar-refractivity contribution in [2.24, 2.45) is 5.92 Å². The molecule has 5 rings (SSSR count). The number of rotatable bonds is 2. The van der Waals surface area contributed by atoms with Gasteiger partial charge >= 0.3 is 0 Å². The first-order valence-corrected chi connectivity index (χ1v) is 7.50. The number of nitrogens with zero attached hydrogens (tertiary/aromatic N) is 2. The van der Waals surface area contributed by atoms with Gasteiger partial charge in [-0.3, -0.25) is 14.6 Å². The van der Waals surface area contributed by atoms with E-state index in [1.807, 2.05) is 10.9 Å². The van der Waals surface area contributed by atoms with E-state index in [9.17, 15) is 9.18 Å². The fourth-order valence-electron chi connectivity index (χ4n) is 3.70. The summed E-state index contributed by atoms with van der Waals surface area (Å²) in [5.41, 5.74) is 1.04. The van der Waals surface area contributed by atoms with E-state index in [2.05, 4.69) is 10.00 Å². The molecule has 0 aliphatic carbocycles. The van der Waals surface area contributed by atoms with Crippen LogP contribution in [0.5, 0.6) is 0 Å². The van der Waals surface area contributed by atoms with Crippen LogP contribution in [0.25, 0.3) is 11.1 Å². The van der Waals surface area contributed by atoms with Crippen molar-refractivity contribution in [3.63, 3.8) is 0 Å². The third-order valence-corrected chi connectivity index (χ3v) is 4.86. The number of benzene rings is 1. The molecule has 0 saturated carbocycles. The second kappa shape index (κ2) is 4.84. The van der Waals surface area contributed by atoms with Gasteiger partial charge in [0.2, 0.25) is 0 Å². The van der Waals surface area contributed by atoms with Crippen LogP contribution in [-0.2, 0) is 0 Å². The standard InChI is InChI=1S/C16H18FN3O/c17-13-3-1-2-12(8-13)14-9-20(18-16(14)21)15-10-19-6-4-11(15)5-7-19/h1-3,8-9,11,15H,4-7,10H2,(H,18,21). The fraction of sp³-hybridized carbons (Fsp3) is 0.438. The van der Waals surface area contributed by atoms with E-state index < -0.39 is 0 Å². The first kappa shape index (κ1) is 12.8. The van der Waals surface area contributed by atoms with E-state index in [4.69, 9.17) is 0 Å². The lowest BCUT2D eigenvalue weighted by Crippen LogP contribution is -2.48. The normalized spacial score (nSPS) is 28.0. The van der Waals surface area contributed by atoms with Crippen LogP contribution in [0.2, 0.25) is 0 Å². The highest BCUT2D eigenvalue weighted by Crippen LogP contribution is 2.35. The van der Waals surface area contributed by atoms with E-state index >= 15 is 0 Å². The quantitative estimate of drug-likeness (QED) is 0.920. The van der Waals surface area contributed by atoms with Crippen LogP contribution in [0.15, 0.2) is 35.3 Å². The predicted molar refractivity (Wildman–Crippen MR) is 78.6 cm³/mol. The van der Waals surface area contributed by atoms with Crippen LogP contribution < -0.4 is 5.56 Å². The van der Waals surface area contributed by atoms with Crippen LogP contribution in [-0.4, -0.2) is 34.3 Å². The number of aromatic nitrogens is 2. The minimum absolute atomic E-state index is 0.142. The Balaban J connectivity index is 1.70. The van der Waals surface area contributed by atoms with Crippen molar-refractivity contribution >= 4 is 0 Å². The fourth-order valence-corrected chi connectivity index (χ4v) is 3.70. The molecule has 3 aliphatic rings. The Labute approximate surface area is 122 Å². The Bertz CT molecular complexity index is 712. The Hall–Kier alpha value is -1.88. The van der Waals surface area contributed by atoms with Gasteiger partial charge in [0.05, 0.1) is 11.6 Å². The molecule has 110 valence electrons. The Morgan fingerprint density at radius 2 is 2.05 bits per heavy atom. The molecule has 1 aromatic heterocycles. The molecule has 21 heavy (non-hydrogen) atoms. The Morgan fingerprint density at radius 1 is 1.24 bits per heavy atom. The zero-order chi connectivity index (χ0) is 14.4. The van der Waals surface area contributed by atoms with E-state index in [0.29, 0.717) is 23.1 Å². The number of halogens is 1. The third-order valence-electron chi connectivity index (χ3n) is 4.86. The number of hydrogen-bond donors (Lipinski definition) is 1. The smallest absolute Gasteiger partial charge is 0.271 e. The number of nitrogens with one attached hydrogen (secondary N) is 1. The first-order valence-electron chi connectivity index (χ1n) is 7.50. The summed E-state index contributed by atoms with van der Waals surface area (Å²) in [6.45, 7) is 3.34. The first-order chi connectivity index (χ1) is 10.2. The minimum atomic E-state index is -0.317. The highest BCUT2D eigenvalue weighted by Gasteiger charge is 2.35. The molecule has 0 radical (unpaired) electrons. The highest BCUT2D eigenvalue weighted by molar-refractivity contribution is 5.61. The van der Waals surface area contributed by atoms with Crippen LogP contribution in [0.1, 0.15) is 18.9 Å². The molecule has 2 aromatic rings. The molecule has 3 aliphatic heterocycles. The maximum Gasteiger partial charge on any atom is 0.271 e. The summed E-state index contributed by atoms with van der Waals surface area (Å²) in [6.07, 6.45) is 4.24. The predicted octanol–water partition coefficient (Wildman–Crippen LogP) is 2.25. The van der Waals surface area contributed by atoms with Crippen molar-refractivity contribution in [3.8, 4) is 11.1 Å². The Morgan fingerprint density at radius 3 is 2.71 bits per heavy atom. The molecule has 3 fully saturated rings. The van der Waals surface area contributed by atoms with Crippen LogP contribution >= 0.6 is 0 Å². The largest absolute Gasteiger partial charge is 0.301 e. The molecule has 0 amide bonds. The lowest BCUT2D eigenvalue weighted by molar-refractivity contribution is 0.0511. The van der Waals surface area contributed by atoms with Gasteiger partial charge < -0.3 is 4.90 Å². The van der Waals surface area contributed by atoms with E-state index in [0.717, 1.165) is 6.54 Å². The van der Waals surface area contributed by atoms with E-state index in [1.165, 1.54) is 38.1 Å². The Kier molecular flexibility index (Phi) is 2.96. The average Bonchev–Trinajstić information content (AvgIpc) is 2.90. The summed E-state index contributed by atoms with van der Waals surface area (Å²) in [5.74, 6) is 0.320. The highest BCUT2D eigenvalue weighted by atomic mass is 19.1. The molecule has 2 bridgehead atoms. The third kappa shape index (κ3) is 2.21. The van der Waals surface area contributed by atoms with Gasteiger partial charge in [-0.2, -0.15) is 0 Å². The molecule has 4 heterocycles. The van der Waals surface area contributed by atoms with Gasteiger partial charge in [-0.1, -0.05) is 12.1 Å². The summed E-state index contributed by atoms with van der Waals surface area (Å²) in [6, 6.07) is 6.54. The van der Waals surface area contributed by atoms with Crippen LogP contribution in [0, 0.1) is 11.7 Å². The van der Waals surface area contributed by atoms with Gasteiger partial charge in [0.25, 0.3) is 5.56 Å². The van der Waals surface area contributed by atoms with Crippen LogP contribution in [0.3, 0.4) is 0 Å². The van der Waals surface area contributed by atoms with Crippen molar-refractivity contribution in [2.45, 2.75) is 18.9 Å².